The van der Waals surface area contributed by atoms with E-state index >= 15 is 0 Å². The molecule has 0 saturated heterocycles. The summed E-state index contributed by atoms with van der Waals surface area (Å²) in [5, 5.41) is 9.64. The van der Waals surface area contributed by atoms with Crippen molar-refractivity contribution in [3.63, 3.8) is 0 Å². The number of aryl methyl sites for hydroxylation is 1. The molecule has 4 N–H and O–H groups in total. The minimum absolute atomic E-state index is 0.619. The van der Waals surface area contributed by atoms with Gasteiger partial charge >= 0.3 is 0 Å². The average molecular weight is 348 g/mol. The molecule has 136 valence electrons. The lowest BCUT2D eigenvalue weighted by molar-refractivity contribution is 0.596. The zero-order valence-electron chi connectivity index (χ0n) is 15.4. The van der Waals surface area contributed by atoms with Gasteiger partial charge in [-0.1, -0.05) is 60.7 Å². The second-order valence-electron chi connectivity index (χ2n) is 6.73. The molecule has 0 saturated carbocycles. The minimum Gasteiger partial charge on any atom is -0.326 e. The molecule has 0 aliphatic carbocycles. The number of hydrogen-bond acceptors (Lipinski definition) is 3. The van der Waals surface area contributed by atoms with Gasteiger partial charge in [0, 0.05) is 26.2 Å². The predicted molar refractivity (Wildman–Crippen MR) is 111 cm³/mol. The highest BCUT2D eigenvalue weighted by Gasteiger charge is 1.97. The molecule has 3 nitrogen and oxygen atoms in total. The third kappa shape index (κ3) is 5.67. The smallest absolute Gasteiger partial charge is 0.0206 e. The first-order valence-electron chi connectivity index (χ1n) is 9.52. The fraction of sp³-hybridized carbons (Fsp3) is 0.304. The maximum atomic E-state index is 5.63. The fourth-order valence-corrected chi connectivity index (χ4v) is 3.14. The van der Waals surface area contributed by atoms with Crippen molar-refractivity contribution < 1.29 is 0 Å². The molecule has 26 heavy (non-hydrogen) atoms. The van der Waals surface area contributed by atoms with E-state index in [-0.39, 0.29) is 0 Å². The van der Waals surface area contributed by atoms with Crippen molar-refractivity contribution in [2.45, 2.75) is 25.9 Å². The molecule has 0 heterocycles. The fourth-order valence-electron chi connectivity index (χ4n) is 3.14. The topological polar surface area (TPSA) is 50.1 Å². The van der Waals surface area contributed by atoms with Crippen LogP contribution in [0.25, 0.3) is 10.8 Å². The molecule has 0 aliphatic heterocycles. The van der Waals surface area contributed by atoms with E-state index in [1.807, 2.05) is 0 Å². The molecule has 0 atom stereocenters. The van der Waals surface area contributed by atoms with Crippen LogP contribution in [0.15, 0.2) is 66.7 Å². The maximum absolute atomic E-state index is 5.63. The number of hydrogen-bond donors (Lipinski definition) is 3. The molecule has 0 bridgehead atoms. The van der Waals surface area contributed by atoms with Gasteiger partial charge in [0.1, 0.15) is 0 Å². The molecule has 0 aliphatic rings. The van der Waals surface area contributed by atoms with Crippen LogP contribution in [-0.2, 0) is 19.5 Å². The average Bonchev–Trinajstić information content (AvgIpc) is 2.70. The van der Waals surface area contributed by atoms with E-state index in [0.29, 0.717) is 6.54 Å². The number of nitrogens with one attached hydrogen (secondary N) is 2. The van der Waals surface area contributed by atoms with Crippen LogP contribution in [-0.4, -0.2) is 19.6 Å². The molecule has 3 heteroatoms. The van der Waals surface area contributed by atoms with Crippen molar-refractivity contribution >= 4 is 10.8 Å². The molecule has 3 rings (SSSR count). The monoisotopic (exact) mass is 347 g/mol. The summed E-state index contributed by atoms with van der Waals surface area (Å²) in [6, 6.07) is 23.8. The van der Waals surface area contributed by atoms with Crippen molar-refractivity contribution in [2.75, 3.05) is 19.6 Å². The number of fused-ring (bicyclic) bond motifs is 1. The van der Waals surface area contributed by atoms with Crippen LogP contribution in [0.1, 0.15) is 23.1 Å². The van der Waals surface area contributed by atoms with Crippen molar-refractivity contribution in [3.8, 4) is 0 Å². The third-order valence-corrected chi connectivity index (χ3v) is 4.70. The summed E-state index contributed by atoms with van der Waals surface area (Å²) in [5.74, 6) is 0. The lowest BCUT2D eigenvalue weighted by Gasteiger charge is -2.08. The quantitative estimate of drug-likeness (QED) is 0.491. The molecule has 3 aromatic carbocycles. The Morgan fingerprint density at radius 2 is 1.35 bits per heavy atom. The minimum atomic E-state index is 0.619. The Kier molecular flexibility index (Phi) is 7.20. The zero-order chi connectivity index (χ0) is 18.0. The van der Waals surface area contributed by atoms with E-state index in [0.717, 1.165) is 39.0 Å². The van der Waals surface area contributed by atoms with Gasteiger partial charge in [-0.2, -0.15) is 0 Å². The lowest BCUT2D eigenvalue weighted by Crippen LogP contribution is -2.27. The third-order valence-electron chi connectivity index (χ3n) is 4.70. The summed E-state index contributed by atoms with van der Waals surface area (Å²) in [7, 11) is 0. The van der Waals surface area contributed by atoms with Gasteiger partial charge in [0.2, 0.25) is 0 Å². The van der Waals surface area contributed by atoms with Crippen LogP contribution in [0.4, 0.5) is 0 Å². The standard InChI is InChI=1S/C23H29N3/c24-17-20-9-7-19(8-10-20)4-3-13-25-14-15-26-18-21-11-12-22-5-1-2-6-23(22)16-21/h1-2,5-12,16,25-26H,3-4,13-15,17-18,24H2. The van der Waals surface area contributed by atoms with Crippen molar-refractivity contribution in [3.05, 3.63) is 83.4 Å². The van der Waals surface area contributed by atoms with Crippen molar-refractivity contribution in [1.29, 1.82) is 0 Å². The van der Waals surface area contributed by atoms with E-state index in [9.17, 15) is 0 Å². The number of rotatable bonds is 10. The second-order valence-corrected chi connectivity index (χ2v) is 6.73. The van der Waals surface area contributed by atoms with Gasteiger partial charge in [-0.05, 0) is 52.9 Å². The predicted octanol–water partition coefficient (Wildman–Crippen LogP) is 3.61. The highest BCUT2D eigenvalue weighted by molar-refractivity contribution is 5.82. The molecule has 0 aromatic heterocycles. The van der Waals surface area contributed by atoms with Crippen LogP contribution in [0.5, 0.6) is 0 Å². The zero-order valence-corrected chi connectivity index (χ0v) is 15.4. The molecule has 0 fully saturated rings. The number of benzene rings is 3. The van der Waals surface area contributed by atoms with Gasteiger partial charge in [0.15, 0.2) is 0 Å². The summed E-state index contributed by atoms with van der Waals surface area (Å²) in [5.41, 5.74) is 9.55. The summed E-state index contributed by atoms with van der Waals surface area (Å²) in [6.45, 7) is 4.57. The Bertz CT molecular complexity index is 796. The molecule has 0 radical (unpaired) electrons. The van der Waals surface area contributed by atoms with Crippen LogP contribution in [0.3, 0.4) is 0 Å². The molecular formula is C23H29N3. The van der Waals surface area contributed by atoms with E-state index in [1.54, 1.807) is 0 Å². The van der Waals surface area contributed by atoms with Gasteiger partial charge < -0.3 is 16.4 Å². The Labute approximate surface area is 156 Å². The number of nitrogens with two attached hydrogens (primary N) is 1. The first kappa shape index (κ1) is 18.6. The van der Waals surface area contributed by atoms with Crippen LogP contribution in [0.2, 0.25) is 0 Å². The van der Waals surface area contributed by atoms with Crippen LogP contribution < -0.4 is 16.4 Å². The summed E-state index contributed by atoms with van der Waals surface area (Å²) in [4.78, 5) is 0. The highest BCUT2D eigenvalue weighted by atomic mass is 14.9. The Hall–Kier alpha value is -2.20. The van der Waals surface area contributed by atoms with Gasteiger partial charge in [0.25, 0.3) is 0 Å². The van der Waals surface area contributed by atoms with Gasteiger partial charge in [-0.3, -0.25) is 0 Å². The summed E-state index contributed by atoms with van der Waals surface area (Å²) in [6.07, 6.45) is 2.27. The highest BCUT2D eigenvalue weighted by Crippen LogP contribution is 2.15. The first-order chi connectivity index (χ1) is 12.8. The molecule has 3 aromatic rings. The SMILES string of the molecule is NCc1ccc(CCCNCCNCc2ccc3ccccc3c2)cc1. The summed E-state index contributed by atoms with van der Waals surface area (Å²) < 4.78 is 0. The normalized spacial score (nSPS) is 11.1. The van der Waals surface area contributed by atoms with E-state index in [4.69, 9.17) is 5.73 Å². The Balaban J connectivity index is 1.27. The van der Waals surface area contributed by atoms with Crippen molar-refractivity contribution in [1.82, 2.24) is 10.6 Å². The molecule has 0 unspecified atom stereocenters. The van der Waals surface area contributed by atoms with Gasteiger partial charge in [-0.15, -0.1) is 0 Å². The Morgan fingerprint density at radius 3 is 2.15 bits per heavy atom. The van der Waals surface area contributed by atoms with Crippen LogP contribution >= 0.6 is 0 Å². The first-order valence-corrected chi connectivity index (χ1v) is 9.52. The second kappa shape index (κ2) is 10.1. The molecule has 0 amide bonds. The van der Waals surface area contributed by atoms with E-state index in [2.05, 4.69) is 77.4 Å². The van der Waals surface area contributed by atoms with E-state index in [1.165, 1.54) is 27.5 Å². The van der Waals surface area contributed by atoms with Gasteiger partial charge in [-0.25, -0.2) is 0 Å². The Morgan fingerprint density at radius 1 is 0.654 bits per heavy atom. The van der Waals surface area contributed by atoms with Crippen LogP contribution in [0, 0.1) is 0 Å². The molecular weight excluding hydrogens is 318 g/mol. The van der Waals surface area contributed by atoms with E-state index < -0.39 is 0 Å². The largest absolute Gasteiger partial charge is 0.326 e. The van der Waals surface area contributed by atoms with Crippen molar-refractivity contribution in [2.24, 2.45) is 5.73 Å². The maximum Gasteiger partial charge on any atom is 0.0206 e. The molecule has 0 spiro atoms. The summed E-state index contributed by atoms with van der Waals surface area (Å²) >= 11 is 0. The lowest BCUT2D eigenvalue weighted by atomic mass is 10.1. The van der Waals surface area contributed by atoms with Gasteiger partial charge in [0.05, 0.1) is 0 Å².